The molecule has 0 spiro atoms. The number of hydrogen-bond donors (Lipinski definition) is 2. The molecule has 0 bridgehead atoms. The Morgan fingerprint density at radius 1 is 1.33 bits per heavy atom. The molecule has 24 heavy (non-hydrogen) atoms. The van der Waals surface area contributed by atoms with Gasteiger partial charge in [0.2, 0.25) is 11.8 Å². The number of amides is 2. The number of nitrogens with zero attached hydrogens (tertiary/aromatic N) is 2. The Morgan fingerprint density at radius 2 is 2.00 bits per heavy atom. The molecule has 1 unspecified atom stereocenters. The van der Waals surface area contributed by atoms with E-state index >= 15 is 0 Å². The number of pyridine rings is 1. The van der Waals surface area contributed by atoms with Crippen molar-refractivity contribution in [3.05, 3.63) is 23.4 Å². The molecule has 2 amide bonds. The molecule has 1 fully saturated rings. The molecule has 1 aliphatic heterocycles. The molecule has 1 aromatic heterocycles. The number of aryl methyl sites for hydroxylation is 2. The number of primary amides is 1. The predicted molar refractivity (Wildman–Crippen MR) is 94.4 cm³/mol. The largest absolute Gasteiger partial charge is 0.368 e. The fraction of sp³-hybridized carbons (Fsp3) is 0.611. The van der Waals surface area contributed by atoms with Gasteiger partial charge in [0.1, 0.15) is 17.9 Å². The van der Waals surface area contributed by atoms with Gasteiger partial charge in [0, 0.05) is 12.2 Å². The number of likely N-dealkylation sites (tertiary alicyclic amines) is 1. The lowest BCUT2D eigenvalue weighted by Gasteiger charge is -2.30. The van der Waals surface area contributed by atoms with Crippen LogP contribution in [0.15, 0.2) is 12.1 Å². The van der Waals surface area contributed by atoms with Crippen LogP contribution in [0.3, 0.4) is 0 Å². The van der Waals surface area contributed by atoms with Crippen molar-refractivity contribution >= 4 is 17.6 Å². The molecule has 0 saturated carbocycles. The van der Waals surface area contributed by atoms with E-state index in [-0.39, 0.29) is 17.7 Å². The first-order valence-corrected chi connectivity index (χ1v) is 8.50. The summed E-state index contributed by atoms with van der Waals surface area (Å²) in [5, 5.41) is 3.26. The molecule has 6 heteroatoms. The molecule has 3 atom stereocenters. The van der Waals surface area contributed by atoms with Crippen LogP contribution in [0.2, 0.25) is 0 Å². The summed E-state index contributed by atoms with van der Waals surface area (Å²) in [7, 11) is 0. The van der Waals surface area contributed by atoms with Gasteiger partial charge in [-0.1, -0.05) is 20.8 Å². The second kappa shape index (κ2) is 7.20. The van der Waals surface area contributed by atoms with Crippen molar-refractivity contribution in [1.29, 1.82) is 0 Å². The zero-order valence-corrected chi connectivity index (χ0v) is 15.2. The first-order valence-electron chi connectivity index (χ1n) is 8.50. The third-order valence-corrected chi connectivity index (χ3v) is 4.46. The van der Waals surface area contributed by atoms with Crippen LogP contribution in [0.1, 0.15) is 38.4 Å². The molecule has 6 nitrogen and oxygen atoms in total. The van der Waals surface area contributed by atoms with E-state index in [9.17, 15) is 9.59 Å². The molecule has 0 aromatic carbocycles. The fourth-order valence-corrected chi connectivity index (χ4v) is 3.33. The van der Waals surface area contributed by atoms with E-state index in [1.165, 1.54) is 0 Å². The monoisotopic (exact) mass is 332 g/mol. The standard InChI is InChI=1S/C18H28N4O2/c1-10(2)16(21-15-8-11(3)6-13(5)20-15)18(24)22-9-12(4)7-14(22)17(19)23/h6,8,10,12,14,16H,7,9H2,1-5H3,(H2,19,23)(H,20,21)/t12-,14+,16?/m1/s1. The highest BCUT2D eigenvalue weighted by Crippen LogP contribution is 2.25. The number of hydrogen-bond acceptors (Lipinski definition) is 4. The van der Waals surface area contributed by atoms with Crippen molar-refractivity contribution in [2.45, 2.75) is 53.1 Å². The van der Waals surface area contributed by atoms with E-state index in [4.69, 9.17) is 5.73 Å². The number of anilines is 1. The van der Waals surface area contributed by atoms with Crippen LogP contribution in [0.25, 0.3) is 0 Å². The average molecular weight is 332 g/mol. The first-order chi connectivity index (χ1) is 11.2. The Kier molecular flexibility index (Phi) is 5.47. The van der Waals surface area contributed by atoms with E-state index < -0.39 is 18.0 Å². The average Bonchev–Trinajstić information content (AvgIpc) is 2.85. The van der Waals surface area contributed by atoms with Crippen molar-refractivity contribution in [1.82, 2.24) is 9.88 Å². The Hall–Kier alpha value is -2.11. The van der Waals surface area contributed by atoms with E-state index in [2.05, 4.69) is 10.3 Å². The molecule has 2 rings (SSSR count). The normalized spacial score (nSPS) is 21.8. The van der Waals surface area contributed by atoms with Gasteiger partial charge >= 0.3 is 0 Å². The highest BCUT2D eigenvalue weighted by Gasteiger charge is 2.40. The van der Waals surface area contributed by atoms with Crippen LogP contribution in [0, 0.1) is 25.7 Å². The SMILES string of the molecule is Cc1cc(C)nc(NC(C(=O)N2C[C@H](C)C[C@H]2C(N)=O)C(C)C)c1. The van der Waals surface area contributed by atoms with Gasteiger partial charge in [0.25, 0.3) is 0 Å². The van der Waals surface area contributed by atoms with Crippen LogP contribution >= 0.6 is 0 Å². The van der Waals surface area contributed by atoms with Crippen molar-refractivity contribution in [2.24, 2.45) is 17.6 Å². The lowest BCUT2D eigenvalue weighted by atomic mass is 10.0. The molecule has 0 radical (unpaired) electrons. The highest BCUT2D eigenvalue weighted by molar-refractivity contribution is 5.91. The van der Waals surface area contributed by atoms with Gasteiger partial charge in [-0.15, -0.1) is 0 Å². The maximum Gasteiger partial charge on any atom is 0.246 e. The maximum absolute atomic E-state index is 13.0. The van der Waals surface area contributed by atoms with E-state index in [0.29, 0.717) is 18.8 Å². The molecule has 0 aliphatic carbocycles. The molecule has 1 aliphatic rings. The third-order valence-electron chi connectivity index (χ3n) is 4.46. The predicted octanol–water partition coefficient (Wildman–Crippen LogP) is 1.86. The summed E-state index contributed by atoms with van der Waals surface area (Å²) in [6, 6.07) is 2.96. The molecule has 132 valence electrons. The van der Waals surface area contributed by atoms with Crippen molar-refractivity contribution in [3.63, 3.8) is 0 Å². The van der Waals surface area contributed by atoms with Crippen LogP contribution < -0.4 is 11.1 Å². The zero-order valence-electron chi connectivity index (χ0n) is 15.2. The van der Waals surface area contributed by atoms with E-state index in [0.717, 1.165) is 11.3 Å². The summed E-state index contributed by atoms with van der Waals surface area (Å²) in [6.07, 6.45) is 0.633. The smallest absolute Gasteiger partial charge is 0.246 e. The van der Waals surface area contributed by atoms with Crippen LogP contribution in [-0.2, 0) is 9.59 Å². The third kappa shape index (κ3) is 4.04. The molecule has 1 aromatic rings. The lowest BCUT2D eigenvalue weighted by molar-refractivity contribution is -0.138. The molecule has 1 saturated heterocycles. The minimum Gasteiger partial charge on any atom is -0.368 e. The number of aromatic nitrogens is 1. The Balaban J connectivity index is 2.23. The Labute approximate surface area is 143 Å². The highest BCUT2D eigenvalue weighted by atomic mass is 16.2. The second-order valence-corrected chi connectivity index (χ2v) is 7.29. The zero-order chi connectivity index (χ0) is 18.0. The van der Waals surface area contributed by atoms with E-state index in [1.807, 2.05) is 46.8 Å². The minimum absolute atomic E-state index is 0.0598. The summed E-state index contributed by atoms with van der Waals surface area (Å²) in [5.41, 5.74) is 7.48. The number of nitrogens with one attached hydrogen (secondary N) is 1. The number of carbonyl (C=O) groups is 2. The van der Waals surface area contributed by atoms with Crippen LogP contribution in [-0.4, -0.2) is 40.3 Å². The van der Waals surface area contributed by atoms with Crippen molar-refractivity contribution in [3.8, 4) is 0 Å². The number of nitrogens with two attached hydrogens (primary N) is 1. The molecule has 3 N–H and O–H groups in total. The van der Waals surface area contributed by atoms with Gasteiger partial charge in [0.15, 0.2) is 0 Å². The summed E-state index contributed by atoms with van der Waals surface area (Å²) in [4.78, 5) is 30.8. The van der Waals surface area contributed by atoms with Crippen molar-refractivity contribution in [2.75, 3.05) is 11.9 Å². The van der Waals surface area contributed by atoms with Gasteiger partial charge in [-0.3, -0.25) is 9.59 Å². The minimum atomic E-state index is -0.511. The maximum atomic E-state index is 13.0. The molecular formula is C18H28N4O2. The summed E-state index contributed by atoms with van der Waals surface area (Å²) in [6.45, 7) is 10.5. The summed E-state index contributed by atoms with van der Waals surface area (Å²) >= 11 is 0. The number of carbonyl (C=O) groups excluding carboxylic acids is 2. The topological polar surface area (TPSA) is 88.3 Å². The second-order valence-electron chi connectivity index (χ2n) is 7.29. The molecule has 2 heterocycles. The first kappa shape index (κ1) is 18.2. The summed E-state index contributed by atoms with van der Waals surface area (Å²) in [5.74, 6) is 0.504. The van der Waals surface area contributed by atoms with E-state index in [1.54, 1.807) is 4.90 Å². The van der Waals surface area contributed by atoms with Gasteiger partial charge in [-0.2, -0.15) is 0 Å². The molecular weight excluding hydrogens is 304 g/mol. The van der Waals surface area contributed by atoms with Gasteiger partial charge in [0.05, 0.1) is 0 Å². The van der Waals surface area contributed by atoms with Gasteiger partial charge in [-0.05, 0) is 49.8 Å². The van der Waals surface area contributed by atoms with Gasteiger partial charge in [-0.25, -0.2) is 4.98 Å². The Morgan fingerprint density at radius 3 is 2.54 bits per heavy atom. The van der Waals surface area contributed by atoms with Crippen molar-refractivity contribution < 1.29 is 9.59 Å². The van der Waals surface area contributed by atoms with Gasteiger partial charge < -0.3 is 16.0 Å². The number of rotatable bonds is 5. The van der Waals surface area contributed by atoms with Crippen LogP contribution in [0.4, 0.5) is 5.82 Å². The van der Waals surface area contributed by atoms with Crippen LogP contribution in [0.5, 0.6) is 0 Å². The lowest BCUT2D eigenvalue weighted by Crippen LogP contribution is -2.51. The Bertz CT molecular complexity index is 609. The fourth-order valence-electron chi connectivity index (χ4n) is 3.33. The summed E-state index contributed by atoms with van der Waals surface area (Å²) < 4.78 is 0. The quantitative estimate of drug-likeness (QED) is 0.861.